The van der Waals surface area contributed by atoms with Crippen molar-refractivity contribution >= 4 is 27.3 Å². The molecule has 9 heteroatoms. The number of nitrogens with zero attached hydrogens (tertiary/aromatic N) is 3. The number of piperazine rings is 1. The number of likely N-dealkylation sites (N-methyl/N-ethyl adjacent to an activating group) is 1. The molecule has 2 saturated heterocycles. The van der Waals surface area contributed by atoms with Crippen LogP contribution in [0.1, 0.15) is 28.8 Å². The number of ether oxygens (including phenoxy) is 1. The highest BCUT2D eigenvalue weighted by Gasteiger charge is 2.34. The van der Waals surface area contributed by atoms with Crippen LogP contribution >= 0.6 is 0 Å². The first-order valence-corrected chi connectivity index (χ1v) is 12.5. The zero-order chi connectivity index (χ0) is 22.5. The van der Waals surface area contributed by atoms with E-state index in [9.17, 15) is 13.2 Å². The summed E-state index contributed by atoms with van der Waals surface area (Å²) in [6.07, 6.45) is 1.71. The average molecular weight is 457 g/mol. The maximum Gasteiger partial charge on any atom is 0.259 e. The summed E-state index contributed by atoms with van der Waals surface area (Å²) in [5, 5.41) is 2.88. The fourth-order valence-corrected chi connectivity index (χ4v) is 6.25. The van der Waals surface area contributed by atoms with Gasteiger partial charge in [-0.05, 0) is 50.6 Å². The highest BCUT2D eigenvalue weighted by Crippen LogP contribution is 2.41. The summed E-state index contributed by atoms with van der Waals surface area (Å²) in [7, 11) is -1.67. The number of rotatable bonds is 3. The number of hydrogen-bond acceptors (Lipinski definition) is 6. The van der Waals surface area contributed by atoms with Crippen molar-refractivity contribution in [2.24, 2.45) is 0 Å². The number of sulfonamides is 1. The Kier molecular flexibility index (Phi) is 5.35. The second-order valence-electron chi connectivity index (χ2n) is 8.77. The topological polar surface area (TPSA) is 82.2 Å². The summed E-state index contributed by atoms with van der Waals surface area (Å²) in [5.74, 6) is 0.550. The van der Waals surface area contributed by atoms with Gasteiger partial charge < -0.3 is 19.9 Å². The second-order valence-corrected chi connectivity index (χ2v) is 10.7. The van der Waals surface area contributed by atoms with Crippen molar-refractivity contribution in [3.63, 3.8) is 0 Å². The molecular weight excluding hydrogens is 428 g/mol. The standard InChI is InChI=1S/C23H28N4O4S/c1-16-5-6-20-18(13-16)24-23(28)17-14-22(32(29,30)27-7-3-4-8-27)19(15-21(17)31-20)26-11-9-25(2)10-12-26/h5-6,13-15H,3-4,7-12H2,1-2H3,(H,24,28). The normalized spacial score (nSPS) is 19.7. The third-order valence-corrected chi connectivity index (χ3v) is 8.36. The molecule has 0 bridgehead atoms. The predicted octanol–water partition coefficient (Wildman–Crippen LogP) is 2.89. The Morgan fingerprint density at radius 3 is 2.38 bits per heavy atom. The van der Waals surface area contributed by atoms with Crippen molar-refractivity contribution in [1.29, 1.82) is 0 Å². The van der Waals surface area contributed by atoms with Gasteiger partial charge in [0.05, 0.1) is 16.9 Å². The van der Waals surface area contributed by atoms with Crippen LogP contribution in [0, 0.1) is 6.92 Å². The first kappa shape index (κ1) is 21.2. The van der Waals surface area contributed by atoms with Gasteiger partial charge in [-0.25, -0.2) is 8.42 Å². The Bertz CT molecular complexity index is 1170. The van der Waals surface area contributed by atoms with Gasteiger partial charge in [-0.2, -0.15) is 4.31 Å². The number of carbonyl (C=O) groups excluding carboxylic acids is 1. The van der Waals surface area contributed by atoms with E-state index in [1.165, 1.54) is 10.4 Å². The minimum absolute atomic E-state index is 0.184. The lowest BCUT2D eigenvalue weighted by atomic mass is 10.1. The van der Waals surface area contributed by atoms with E-state index in [2.05, 4.69) is 22.2 Å². The quantitative estimate of drug-likeness (QED) is 0.765. The molecule has 0 saturated carbocycles. The van der Waals surface area contributed by atoms with E-state index < -0.39 is 10.0 Å². The number of fused-ring (bicyclic) bond motifs is 2. The smallest absolute Gasteiger partial charge is 0.259 e. The van der Waals surface area contributed by atoms with Crippen LogP contribution in [0.25, 0.3) is 0 Å². The van der Waals surface area contributed by atoms with Crippen molar-refractivity contribution in [1.82, 2.24) is 9.21 Å². The number of aryl methyl sites for hydroxylation is 1. The molecule has 5 rings (SSSR count). The lowest BCUT2D eigenvalue weighted by molar-refractivity contribution is 0.102. The minimum atomic E-state index is -3.73. The highest BCUT2D eigenvalue weighted by atomic mass is 32.2. The summed E-state index contributed by atoms with van der Waals surface area (Å²) in [6.45, 7) is 6.05. The van der Waals surface area contributed by atoms with Gasteiger partial charge in [-0.15, -0.1) is 0 Å². The zero-order valence-electron chi connectivity index (χ0n) is 18.4. The Morgan fingerprint density at radius 2 is 1.66 bits per heavy atom. The molecule has 0 aromatic heterocycles. The third-order valence-electron chi connectivity index (χ3n) is 6.44. The van der Waals surface area contributed by atoms with E-state index in [1.807, 2.05) is 25.1 Å². The van der Waals surface area contributed by atoms with Crippen LogP contribution in [-0.4, -0.2) is 69.8 Å². The molecule has 2 aromatic carbocycles. The van der Waals surface area contributed by atoms with E-state index in [0.29, 0.717) is 49.1 Å². The molecule has 1 N–H and O–H groups in total. The van der Waals surface area contributed by atoms with Crippen LogP contribution in [0.15, 0.2) is 35.2 Å². The van der Waals surface area contributed by atoms with Gasteiger partial charge in [0, 0.05) is 45.3 Å². The van der Waals surface area contributed by atoms with Crippen LogP contribution in [0.2, 0.25) is 0 Å². The molecule has 2 aromatic rings. The Morgan fingerprint density at radius 1 is 0.938 bits per heavy atom. The number of hydrogen-bond donors (Lipinski definition) is 1. The van der Waals surface area contributed by atoms with Gasteiger partial charge >= 0.3 is 0 Å². The SMILES string of the molecule is Cc1ccc2c(c1)NC(=O)c1cc(S(=O)(=O)N3CCCC3)c(N3CCN(C)CC3)cc1O2. The summed E-state index contributed by atoms with van der Waals surface area (Å²) in [5.41, 5.74) is 2.41. The van der Waals surface area contributed by atoms with E-state index in [-0.39, 0.29) is 16.4 Å². The molecule has 3 aliphatic heterocycles. The average Bonchev–Trinajstić information content (AvgIpc) is 3.27. The molecule has 0 radical (unpaired) electrons. The van der Waals surface area contributed by atoms with E-state index in [1.54, 1.807) is 6.07 Å². The molecule has 0 atom stereocenters. The van der Waals surface area contributed by atoms with Gasteiger partial charge in [0.25, 0.3) is 5.91 Å². The van der Waals surface area contributed by atoms with Gasteiger partial charge in [0.2, 0.25) is 10.0 Å². The number of benzene rings is 2. The second kappa shape index (κ2) is 8.06. The van der Waals surface area contributed by atoms with Crippen molar-refractivity contribution in [2.75, 3.05) is 56.5 Å². The molecule has 2 fully saturated rings. The summed E-state index contributed by atoms with van der Waals surface area (Å²) >= 11 is 0. The molecule has 170 valence electrons. The minimum Gasteiger partial charge on any atom is -0.454 e. The first-order valence-electron chi connectivity index (χ1n) is 11.0. The van der Waals surface area contributed by atoms with E-state index in [4.69, 9.17) is 4.74 Å². The monoisotopic (exact) mass is 456 g/mol. The van der Waals surface area contributed by atoms with Crippen LogP contribution in [-0.2, 0) is 10.0 Å². The molecule has 3 aliphatic rings. The molecule has 32 heavy (non-hydrogen) atoms. The van der Waals surface area contributed by atoms with Crippen LogP contribution in [0.4, 0.5) is 11.4 Å². The van der Waals surface area contributed by atoms with Gasteiger partial charge in [0.15, 0.2) is 5.75 Å². The molecule has 0 spiro atoms. The van der Waals surface area contributed by atoms with Crippen LogP contribution in [0.5, 0.6) is 11.5 Å². The fourth-order valence-electron chi connectivity index (χ4n) is 4.52. The van der Waals surface area contributed by atoms with Crippen molar-refractivity contribution in [3.8, 4) is 11.5 Å². The van der Waals surface area contributed by atoms with Gasteiger partial charge in [0.1, 0.15) is 10.6 Å². The molecule has 8 nitrogen and oxygen atoms in total. The molecule has 3 heterocycles. The number of nitrogens with one attached hydrogen (secondary N) is 1. The van der Waals surface area contributed by atoms with E-state index in [0.717, 1.165) is 31.5 Å². The summed E-state index contributed by atoms with van der Waals surface area (Å²) in [6, 6.07) is 8.83. The number of amides is 1. The molecular formula is C23H28N4O4S. The number of anilines is 2. The largest absolute Gasteiger partial charge is 0.454 e. The molecule has 0 unspecified atom stereocenters. The number of carbonyl (C=O) groups is 1. The first-order chi connectivity index (χ1) is 15.3. The zero-order valence-corrected chi connectivity index (χ0v) is 19.2. The van der Waals surface area contributed by atoms with Crippen molar-refractivity contribution in [2.45, 2.75) is 24.7 Å². The third kappa shape index (κ3) is 3.74. The van der Waals surface area contributed by atoms with Gasteiger partial charge in [-0.1, -0.05) is 6.07 Å². The lowest BCUT2D eigenvalue weighted by Gasteiger charge is -2.35. The lowest BCUT2D eigenvalue weighted by Crippen LogP contribution is -2.45. The van der Waals surface area contributed by atoms with Gasteiger partial charge in [-0.3, -0.25) is 4.79 Å². The Balaban J connectivity index is 1.65. The Hall–Kier alpha value is -2.62. The van der Waals surface area contributed by atoms with Crippen LogP contribution < -0.4 is 15.0 Å². The predicted molar refractivity (Wildman–Crippen MR) is 123 cm³/mol. The maximum atomic E-state index is 13.6. The van der Waals surface area contributed by atoms with Crippen molar-refractivity contribution in [3.05, 3.63) is 41.5 Å². The van der Waals surface area contributed by atoms with Crippen molar-refractivity contribution < 1.29 is 17.9 Å². The summed E-state index contributed by atoms with van der Waals surface area (Å²) in [4.78, 5) is 17.6. The van der Waals surface area contributed by atoms with Crippen LogP contribution in [0.3, 0.4) is 0 Å². The summed E-state index contributed by atoms with van der Waals surface area (Å²) < 4.78 is 34.9. The molecule has 1 amide bonds. The van der Waals surface area contributed by atoms with E-state index >= 15 is 0 Å². The Labute approximate surface area is 188 Å². The molecule has 0 aliphatic carbocycles. The highest BCUT2D eigenvalue weighted by molar-refractivity contribution is 7.89. The maximum absolute atomic E-state index is 13.6. The fraction of sp³-hybridized carbons (Fsp3) is 0.435.